The first-order chi connectivity index (χ1) is 13.3. The Kier molecular flexibility index (Phi) is 6.34. The van der Waals surface area contributed by atoms with Crippen LogP contribution in [0.2, 0.25) is 0 Å². The second kappa shape index (κ2) is 8.91. The lowest BCUT2D eigenvalue weighted by molar-refractivity contribution is 0.0965. The fraction of sp³-hybridized carbons (Fsp3) is 0.696. The van der Waals surface area contributed by atoms with Crippen LogP contribution in [0.25, 0.3) is 10.2 Å². The van der Waals surface area contributed by atoms with Crippen molar-refractivity contribution in [3.05, 3.63) is 33.9 Å². The molecule has 2 fully saturated rings. The molecular formula is C23H34N2OS. The van der Waals surface area contributed by atoms with Gasteiger partial charge in [0.25, 0.3) is 0 Å². The maximum Gasteiger partial charge on any atom is 0.308 e. The molecule has 0 saturated carbocycles. The molecule has 3 nitrogen and oxygen atoms in total. The fourth-order valence-electron chi connectivity index (χ4n) is 5.48. The number of nitrogens with zero attached hydrogens (tertiary/aromatic N) is 2. The maximum absolute atomic E-state index is 12.3. The molecule has 0 radical (unpaired) electrons. The summed E-state index contributed by atoms with van der Waals surface area (Å²) in [4.78, 5) is 15.3. The minimum atomic E-state index is 0.199. The van der Waals surface area contributed by atoms with Gasteiger partial charge in [-0.05, 0) is 50.2 Å². The molecule has 148 valence electrons. The van der Waals surface area contributed by atoms with Gasteiger partial charge in [-0.2, -0.15) is 0 Å². The molecule has 4 rings (SSSR count). The van der Waals surface area contributed by atoms with Gasteiger partial charge in [0.05, 0.1) is 10.2 Å². The first kappa shape index (κ1) is 19.2. The summed E-state index contributed by atoms with van der Waals surface area (Å²) in [5, 5.41) is 0. The Hall–Kier alpha value is -1.13. The summed E-state index contributed by atoms with van der Waals surface area (Å²) in [5.41, 5.74) is 1.11. The minimum absolute atomic E-state index is 0.199. The van der Waals surface area contributed by atoms with Crippen LogP contribution in [-0.4, -0.2) is 28.1 Å². The normalized spacial score (nSPS) is 25.4. The molecule has 1 aromatic heterocycles. The Morgan fingerprint density at radius 3 is 2.56 bits per heavy atom. The van der Waals surface area contributed by atoms with Crippen LogP contribution < -0.4 is 4.87 Å². The van der Waals surface area contributed by atoms with Crippen LogP contribution in [0.5, 0.6) is 0 Å². The summed E-state index contributed by atoms with van der Waals surface area (Å²) in [6.45, 7) is 4.32. The number of hydrogen-bond acceptors (Lipinski definition) is 3. The summed E-state index contributed by atoms with van der Waals surface area (Å²) in [7, 11) is 0. The predicted molar refractivity (Wildman–Crippen MR) is 116 cm³/mol. The van der Waals surface area contributed by atoms with Crippen LogP contribution in [0.15, 0.2) is 29.1 Å². The number of thiazole rings is 1. The summed E-state index contributed by atoms with van der Waals surface area (Å²) in [6, 6.07) is 9.83. The van der Waals surface area contributed by atoms with E-state index < -0.39 is 0 Å². The van der Waals surface area contributed by atoms with Crippen LogP contribution in [0.1, 0.15) is 71.1 Å². The number of rotatable bonds is 9. The molecule has 0 N–H and O–H groups in total. The average Bonchev–Trinajstić information content (AvgIpc) is 3.11. The first-order valence-corrected chi connectivity index (χ1v) is 11.9. The van der Waals surface area contributed by atoms with Gasteiger partial charge in [0, 0.05) is 25.2 Å². The Morgan fingerprint density at radius 2 is 1.78 bits per heavy atom. The third kappa shape index (κ3) is 4.32. The van der Waals surface area contributed by atoms with Gasteiger partial charge in [0.2, 0.25) is 0 Å². The summed E-state index contributed by atoms with van der Waals surface area (Å²) >= 11 is 1.38. The number of benzene rings is 1. The highest BCUT2D eigenvalue weighted by Crippen LogP contribution is 2.40. The van der Waals surface area contributed by atoms with Gasteiger partial charge in [0.1, 0.15) is 0 Å². The van der Waals surface area contributed by atoms with Crippen LogP contribution in [0, 0.1) is 5.92 Å². The molecule has 1 aromatic carbocycles. The molecule has 4 heteroatoms. The molecule has 2 unspecified atom stereocenters. The smallest absolute Gasteiger partial charge is 0.299 e. The second-order valence-corrected chi connectivity index (χ2v) is 9.64. The molecule has 2 bridgehead atoms. The van der Waals surface area contributed by atoms with Gasteiger partial charge in [-0.3, -0.25) is 14.3 Å². The van der Waals surface area contributed by atoms with E-state index in [2.05, 4.69) is 24.0 Å². The zero-order valence-electron chi connectivity index (χ0n) is 16.7. The molecule has 2 saturated heterocycles. The molecule has 2 aromatic rings. The van der Waals surface area contributed by atoms with E-state index >= 15 is 0 Å². The van der Waals surface area contributed by atoms with Gasteiger partial charge in [-0.25, -0.2) is 0 Å². The van der Waals surface area contributed by atoms with Crippen molar-refractivity contribution in [3.8, 4) is 0 Å². The van der Waals surface area contributed by atoms with Crippen LogP contribution in [0.3, 0.4) is 0 Å². The van der Waals surface area contributed by atoms with E-state index in [-0.39, 0.29) is 4.87 Å². The summed E-state index contributed by atoms with van der Waals surface area (Å²) in [6.07, 6.45) is 13.8. The lowest BCUT2D eigenvalue weighted by atomic mass is 9.86. The molecule has 2 atom stereocenters. The molecule has 0 aliphatic carbocycles. The second-order valence-electron chi connectivity index (χ2n) is 8.65. The quantitative estimate of drug-likeness (QED) is 0.519. The number of para-hydroxylation sites is 1. The first-order valence-electron chi connectivity index (χ1n) is 11.1. The lowest BCUT2D eigenvalue weighted by Gasteiger charge is -2.39. The van der Waals surface area contributed by atoms with Crippen molar-refractivity contribution in [2.24, 2.45) is 5.92 Å². The molecule has 2 aliphatic rings. The zero-order chi connectivity index (χ0) is 18.6. The van der Waals surface area contributed by atoms with Crippen LogP contribution in [0.4, 0.5) is 0 Å². The Bertz CT molecular complexity index is 781. The van der Waals surface area contributed by atoms with Gasteiger partial charge >= 0.3 is 4.87 Å². The van der Waals surface area contributed by atoms with Crippen molar-refractivity contribution >= 4 is 21.6 Å². The van der Waals surface area contributed by atoms with Crippen molar-refractivity contribution in [2.45, 2.75) is 89.8 Å². The van der Waals surface area contributed by atoms with E-state index in [0.717, 1.165) is 47.7 Å². The standard InChI is InChI=1S/C23H34N2OS/c1-2-3-4-5-9-18-16-19-12-13-20(17-18)24(19)14-8-15-25-21-10-6-7-11-22(21)27-23(25)26/h6-7,10-11,18-20H,2-5,8-9,12-17H2,1H3. The van der Waals surface area contributed by atoms with Gasteiger partial charge < -0.3 is 0 Å². The largest absolute Gasteiger partial charge is 0.308 e. The Morgan fingerprint density at radius 1 is 1.00 bits per heavy atom. The van der Waals surface area contributed by atoms with Crippen LogP contribution in [-0.2, 0) is 6.54 Å². The third-order valence-corrected chi connectivity index (χ3v) is 7.78. The molecule has 0 spiro atoms. The van der Waals surface area contributed by atoms with Crippen molar-refractivity contribution < 1.29 is 0 Å². The lowest BCUT2D eigenvalue weighted by Crippen LogP contribution is -2.43. The molecular weight excluding hydrogens is 352 g/mol. The van der Waals surface area contributed by atoms with Gasteiger partial charge in [0.15, 0.2) is 0 Å². The number of piperidine rings is 1. The predicted octanol–water partition coefficient (Wildman–Crippen LogP) is 5.67. The zero-order valence-corrected chi connectivity index (χ0v) is 17.6. The van der Waals surface area contributed by atoms with Crippen molar-refractivity contribution in [2.75, 3.05) is 6.54 Å². The molecule has 27 heavy (non-hydrogen) atoms. The monoisotopic (exact) mass is 386 g/mol. The third-order valence-electron chi connectivity index (χ3n) is 6.82. The molecule has 0 amide bonds. The van der Waals surface area contributed by atoms with E-state index in [9.17, 15) is 4.79 Å². The fourth-order valence-corrected chi connectivity index (χ4v) is 6.40. The highest BCUT2D eigenvalue weighted by molar-refractivity contribution is 7.16. The summed E-state index contributed by atoms with van der Waals surface area (Å²) < 4.78 is 3.11. The van der Waals surface area contributed by atoms with Crippen molar-refractivity contribution in [3.63, 3.8) is 0 Å². The van der Waals surface area contributed by atoms with E-state index in [0.29, 0.717) is 0 Å². The maximum atomic E-state index is 12.3. The Balaban J connectivity index is 1.28. The van der Waals surface area contributed by atoms with E-state index in [1.54, 1.807) is 0 Å². The van der Waals surface area contributed by atoms with E-state index in [1.807, 2.05) is 16.7 Å². The highest BCUT2D eigenvalue weighted by Gasteiger charge is 2.39. The van der Waals surface area contributed by atoms with E-state index in [4.69, 9.17) is 0 Å². The number of fused-ring (bicyclic) bond motifs is 3. The number of aromatic nitrogens is 1. The number of aryl methyl sites for hydroxylation is 1. The number of hydrogen-bond donors (Lipinski definition) is 0. The SMILES string of the molecule is CCCCCCC1CC2CCC(C1)N2CCCn1c(=O)sc2ccccc21. The highest BCUT2D eigenvalue weighted by atomic mass is 32.1. The molecule has 3 heterocycles. The average molecular weight is 387 g/mol. The topological polar surface area (TPSA) is 25.2 Å². The minimum Gasteiger partial charge on any atom is -0.299 e. The number of unbranched alkanes of at least 4 members (excludes halogenated alkanes) is 3. The van der Waals surface area contributed by atoms with Crippen molar-refractivity contribution in [1.29, 1.82) is 0 Å². The molecule has 2 aliphatic heterocycles. The van der Waals surface area contributed by atoms with Gasteiger partial charge in [-0.15, -0.1) is 0 Å². The Labute approximate surface area is 167 Å². The van der Waals surface area contributed by atoms with E-state index in [1.165, 1.54) is 69.1 Å². The van der Waals surface area contributed by atoms with Gasteiger partial charge in [-0.1, -0.05) is 62.5 Å². The van der Waals surface area contributed by atoms with Crippen LogP contribution >= 0.6 is 11.3 Å². The van der Waals surface area contributed by atoms with Crippen molar-refractivity contribution in [1.82, 2.24) is 9.47 Å². The summed E-state index contributed by atoms with van der Waals surface area (Å²) in [5.74, 6) is 0.971.